The number of ether oxygens (including phenoxy) is 1. The minimum Gasteiger partial charge on any atom is -0.756 e. The number of hydrogen-bond acceptors (Lipinski definition) is 7. The Morgan fingerprint density at radius 3 is 2.03 bits per heavy atom. The topological polar surface area (TPSA) is 105 Å². The summed E-state index contributed by atoms with van der Waals surface area (Å²) in [6, 6.07) is 0. The number of methoxy groups -OCH3 is 1. The Labute approximate surface area is 183 Å². The van der Waals surface area contributed by atoms with Crippen LogP contribution in [0.1, 0.15) is 68.2 Å². The summed E-state index contributed by atoms with van der Waals surface area (Å²) in [5.41, 5.74) is -1.02. The number of aliphatic hydroxyl groups is 1. The van der Waals surface area contributed by atoms with Crippen molar-refractivity contribution in [3.63, 3.8) is 0 Å². The lowest BCUT2D eigenvalue weighted by Crippen LogP contribution is -2.49. The van der Waals surface area contributed by atoms with Gasteiger partial charge in [0.2, 0.25) is 0 Å². The van der Waals surface area contributed by atoms with Gasteiger partial charge in [0.1, 0.15) is 18.5 Å². The zero-order valence-electron chi connectivity index (χ0n) is 20.2. The highest BCUT2D eigenvalue weighted by molar-refractivity contribution is 7.45. The van der Waals surface area contributed by atoms with E-state index in [1.54, 1.807) is 0 Å². The largest absolute Gasteiger partial charge is 0.756 e. The van der Waals surface area contributed by atoms with Gasteiger partial charge in [-0.1, -0.05) is 61.3 Å². The fraction of sp³-hybridized carbons (Fsp3) is 0.909. The van der Waals surface area contributed by atoms with E-state index < -0.39 is 25.6 Å². The van der Waals surface area contributed by atoms with Crippen molar-refractivity contribution in [2.45, 2.75) is 86.0 Å². The number of aliphatic hydroxyl groups excluding tert-OH is 1. The zero-order valence-corrected chi connectivity index (χ0v) is 21.1. The first-order valence-electron chi connectivity index (χ1n) is 11.0. The molecule has 9 atom stereocenters. The Balaban J connectivity index is 5.90. The number of phosphoric ester groups is 1. The van der Waals surface area contributed by atoms with Crippen molar-refractivity contribution in [3.8, 4) is 0 Å². The lowest BCUT2D eigenvalue weighted by atomic mass is 9.67. The van der Waals surface area contributed by atoms with Crippen LogP contribution in [0.3, 0.4) is 0 Å². The standard InChI is InChI=1S/C22H44O7P/c1-10-15(3)17(5)19(7)22(8,18(6)16(4)11-2)29-30(25,26)28-21(12-13-23)20(24)14-27-9/h12-13,15-21,24H,10-11,14H2,1-9H3,(H,25,26)/p-1. The second-order valence-electron chi connectivity index (χ2n) is 8.85. The molecule has 0 amide bonds. The Morgan fingerprint density at radius 2 is 1.60 bits per heavy atom. The molecule has 0 saturated carbocycles. The Kier molecular flexibility index (Phi) is 13.2. The molecular weight excluding hydrogens is 407 g/mol. The molecule has 9 unspecified atom stereocenters. The summed E-state index contributed by atoms with van der Waals surface area (Å²) in [5.74, 6) is 0.659. The summed E-state index contributed by atoms with van der Waals surface area (Å²) in [4.78, 5) is 23.8. The molecule has 0 fully saturated rings. The normalized spacial score (nSPS) is 23.3. The van der Waals surface area contributed by atoms with Crippen LogP contribution in [0, 0.1) is 36.0 Å². The van der Waals surface area contributed by atoms with Crippen molar-refractivity contribution in [1.29, 1.82) is 0 Å². The molecular formula is C22H43O7P-. The quantitative estimate of drug-likeness (QED) is 0.280. The first-order chi connectivity index (χ1) is 13.8. The molecule has 30 heavy (non-hydrogen) atoms. The van der Waals surface area contributed by atoms with Crippen molar-refractivity contribution in [2.24, 2.45) is 29.6 Å². The molecule has 179 valence electrons. The highest BCUT2D eigenvalue weighted by Gasteiger charge is 2.46. The maximum Gasteiger partial charge on any atom is 0.268 e. The van der Waals surface area contributed by atoms with Gasteiger partial charge in [0.25, 0.3) is 7.82 Å². The molecule has 0 rings (SSSR count). The third kappa shape index (κ3) is 8.33. The molecule has 0 aromatic carbocycles. The van der Waals surface area contributed by atoms with Gasteiger partial charge in [-0.25, -0.2) is 0 Å². The molecule has 8 heteroatoms. The smallest absolute Gasteiger partial charge is 0.268 e. The summed E-state index contributed by atoms with van der Waals surface area (Å²) in [6.45, 7) is 16.2. The molecule has 0 saturated heterocycles. The van der Waals surface area contributed by atoms with Gasteiger partial charge in [0.05, 0.1) is 18.6 Å². The zero-order chi connectivity index (χ0) is 23.7. The molecule has 0 heterocycles. The predicted molar refractivity (Wildman–Crippen MR) is 117 cm³/mol. The van der Waals surface area contributed by atoms with E-state index in [2.05, 4.69) is 34.6 Å². The average molecular weight is 451 g/mol. The van der Waals surface area contributed by atoms with E-state index in [0.29, 0.717) is 12.2 Å². The van der Waals surface area contributed by atoms with Crippen LogP contribution in [0.4, 0.5) is 0 Å². The van der Waals surface area contributed by atoms with Crippen LogP contribution in [0.5, 0.6) is 0 Å². The molecule has 0 aliphatic rings. The molecule has 1 radical (unpaired) electrons. The fourth-order valence-corrected chi connectivity index (χ4v) is 5.24. The first kappa shape index (κ1) is 29.7. The summed E-state index contributed by atoms with van der Waals surface area (Å²) < 4.78 is 28.7. The third-order valence-electron chi connectivity index (χ3n) is 7.18. The van der Waals surface area contributed by atoms with Gasteiger partial charge >= 0.3 is 0 Å². The van der Waals surface area contributed by atoms with Crippen LogP contribution in [0.25, 0.3) is 0 Å². The monoisotopic (exact) mass is 450 g/mol. The predicted octanol–water partition coefficient (Wildman–Crippen LogP) is 4.03. The van der Waals surface area contributed by atoms with E-state index in [1.807, 2.05) is 20.8 Å². The molecule has 0 bridgehead atoms. The van der Waals surface area contributed by atoms with E-state index in [1.165, 1.54) is 7.11 Å². The summed E-state index contributed by atoms with van der Waals surface area (Å²) in [5, 5.41) is 10.1. The minimum absolute atomic E-state index is 0.0766. The third-order valence-corrected chi connectivity index (χ3v) is 8.30. The van der Waals surface area contributed by atoms with E-state index >= 15 is 0 Å². The van der Waals surface area contributed by atoms with Crippen molar-refractivity contribution in [2.75, 3.05) is 13.7 Å². The lowest BCUT2D eigenvalue weighted by molar-refractivity contribution is -0.251. The van der Waals surface area contributed by atoms with Gasteiger partial charge in [0.15, 0.2) is 0 Å². The van der Waals surface area contributed by atoms with Crippen LogP contribution in [-0.2, 0) is 23.1 Å². The van der Waals surface area contributed by atoms with Crippen molar-refractivity contribution in [3.05, 3.63) is 6.42 Å². The van der Waals surface area contributed by atoms with Gasteiger partial charge in [-0.3, -0.25) is 4.57 Å². The Bertz CT molecular complexity index is 544. The number of carbonyl (C=O) groups excluding carboxylic acids is 1. The molecule has 7 nitrogen and oxygen atoms in total. The summed E-state index contributed by atoms with van der Waals surface area (Å²) >= 11 is 0. The second kappa shape index (κ2) is 13.3. The molecule has 1 N–H and O–H groups in total. The van der Waals surface area contributed by atoms with Crippen molar-refractivity contribution in [1.82, 2.24) is 0 Å². The fourth-order valence-electron chi connectivity index (χ4n) is 3.87. The van der Waals surface area contributed by atoms with Gasteiger partial charge in [0, 0.05) is 7.11 Å². The van der Waals surface area contributed by atoms with E-state index in [0.717, 1.165) is 19.3 Å². The van der Waals surface area contributed by atoms with Crippen LogP contribution in [0.15, 0.2) is 0 Å². The maximum absolute atomic E-state index is 12.9. The number of hydrogen-bond donors (Lipinski definition) is 1. The lowest BCUT2D eigenvalue weighted by Gasteiger charge is -2.49. The summed E-state index contributed by atoms with van der Waals surface area (Å²) in [7, 11) is -3.51. The highest BCUT2D eigenvalue weighted by Crippen LogP contribution is 2.52. The van der Waals surface area contributed by atoms with Gasteiger partial charge in [-0.05, 0) is 36.5 Å². The van der Waals surface area contributed by atoms with Crippen LogP contribution >= 0.6 is 7.82 Å². The molecule has 0 spiro atoms. The SMILES string of the molecule is CCC(C)C(C)C(C)C(C)(OP(=O)([O-])OC([CH]C=O)C(O)COC)C(C)C(C)CC. The average Bonchev–Trinajstić information content (AvgIpc) is 2.69. The van der Waals surface area contributed by atoms with Gasteiger partial charge in [-0.2, -0.15) is 0 Å². The van der Waals surface area contributed by atoms with Gasteiger partial charge < -0.3 is 28.6 Å². The number of rotatable bonds is 16. The number of aldehydes is 1. The molecule has 0 aliphatic heterocycles. The minimum atomic E-state index is -4.87. The Morgan fingerprint density at radius 1 is 1.07 bits per heavy atom. The maximum atomic E-state index is 12.9. The van der Waals surface area contributed by atoms with E-state index in [9.17, 15) is 19.4 Å². The molecule has 0 aromatic heterocycles. The second-order valence-corrected chi connectivity index (χ2v) is 10.1. The molecule has 0 aromatic rings. The molecule has 0 aliphatic carbocycles. The van der Waals surface area contributed by atoms with Crippen LogP contribution in [0.2, 0.25) is 0 Å². The Hall–Kier alpha value is -0.300. The van der Waals surface area contributed by atoms with E-state index in [-0.39, 0.29) is 30.3 Å². The van der Waals surface area contributed by atoms with Crippen molar-refractivity contribution >= 4 is 14.1 Å². The van der Waals surface area contributed by atoms with E-state index in [4.69, 9.17) is 13.8 Å². The van der Waals surface area contributed by atoms with Crippen LogP contribution < -0.4 is 4.89 Å². The highest BCUT2D eigenvalue weighted by atomic mass is 31.2. The van der Waals surface area contributed by atoms with Crippen LogP contribution in [-0.4, -0.2) is 42.9 Å². The first-order valence-corrected chi connectivity index (χ1v) is 12.4. The van der Waals surface area contributed by atoms with Crippen molar-refractivity contribution < 1.29 is 33.1 Å². The van der Waals surface area contributed by atoms with Gasteiger partial charge in [-0.15, -0.1) is 0 Å². The summed E-state index contributed by atoms with van der Waals surface area (Å²) in [6.07, 6.45) is 0.487. The number of carbonyl (C=O) groups is 1. The number of phosphoric acid groups is 1.